The number of benzene rings is 2. The van der Waals surface area contributed by atoms with Crippen LogP contribution in [0.25, 0.3) is 0 Å². The molecule has 1 aromatic heterocycles. The van der Waals surface area contributed by atoms with E-state index in [4.69, 9.17) is 23.2 Å². The molecule has 2 aromatic carbocycles. The second-order valence-corrected chi connectivity index (χ2v) is 8.12. The van der Waals surface area contributed by atoms with E-state index in [2.05, 4.69) is 54.7 Å². The molecule has 4 rings (SSSR count). The Bertz CT molecular complexity index is 1020. The highest BCUT2D eigenvalue weighted by molar-refractivity contribution is 6.35. The lowest BCUT2D eigenvalue weighted by molar-refractivity contribution is 0.249. The average Bonchev–Trinajstić information content (AvgIpc) is 2.74. The zero-order chi connectivity index (χ0) is 21.6. The summed E-state index contributed by atoms with van der Waals surface area (Å²) in [7, 11) is 0. The number of hydrogen-bond donors (Lipinski definition) is 2. The van der Waals surface area contributed by atoms with Gasteiger partial charge in [-0.25, -0.2) is 14.8 Å². The highest BCUT2D eigenvalue weighted by Gasteiger charge is 2.19. The van der Waals surface area contributed by atoms with Crippen molar-refractivity contribution in [2.75, 3.05) is 41.7 Å². The summed E-state index contributed by atoms with van der Waals surface area (Å²) < 4.78 is 0. The molecular weight excluding hydrogens is 435 g/mol. The molecule has 0 unspecified atom stereocenters. The molecule has 1 aliphatic heterocycles. The van der Waals surface area contributed by atoms with Crippen molar-refractivity contribution in [2.24, 2.45) is 0 Å². The van der Waals surface area contributed by atoms with E-state index in [9.17, 15) is 4.79 Å². The number of nitrogens with zero attached hydrogens (tertiary/aromatic N) is 4. The first kappa shape index (κ1) is 21.4. The van der Waals surface area contributed by atoms with Crippen molar-refractivity contribution in [1.29, 1.82) is 0 Å². The highest BCUT2D eigenvalue weighted by atomic mass is 35.5. The summed E-state index contributed by atoms with van der Waals surface area (Å²) >= 11 is 11.9. The molecule has 0 spiro atoms. The summed E-state index contributed by atoms with van der Waals surface area (Å²) in [5.74, 6) is 1.21. The summed E-state index contributed by atoms with van der Waals surface area (Å²) in [5, 5.41) is 6.31. The molecule has 2 N–H and O–H groups in total. The molecule has 7 nitrogen and oxygen atoms in total. The Kier molecular flexibility index (Phi) is 6.86. The normalized spacial score (nSPS) is 14.3. The van der Waals surface area contributed by atoms with Gasteiger partial charge >= 0.3 is 6.03 Å². The lowest BCUT2D eigenvalue weighted by Crippen LogP contribution is -2.46. The lowest BCUT2D eigenvalue weighted by atomic mass is 10.2. The van der Waals surface area contributed by atoms with E-state index in [1.54, 1.807) is 24.3 Å². The summed E-state index contributed by atoms with van der Waals surface area (Å²) in [6.45, 7) is 4.54. The van der Waals surface area contributed by atoms with Crippen LogP contribution in [0.15, 0.2) is 60.9 Å². The van der Waals surface area contributed by atoms with Crippen LogP contribution in [0.1, 0.15) is 5.56 Å². The number of halogens is 2. The van der Waals surface area contributed by atoms with Crippen LogP contribution < -0.4 is 15.5 Å². The molecule has 0 atom stereocenters. The topological polar surface area (TPSA) is 73.4 Å². The van der Waals surface area contributed by atoms with Gasteiger partial charge in [-0.1, -0.05) is 53.5 Å². The summed E-state index contributed by atoms with van der Waals surface area (Å²) in [4.78, 5) is 25.5. The maximum absolute atomic E-state index is 12.3. The molecule has 2 amide bonds. The van der Waals surface area contributed by atoms with Gasteiger partial charge in [0, 0.05) is 54.5 Å². The van der Waals surface area contributed by atoms with Gasteiger partial charge in [0.15, 0.2) is 0 Å². The first-order valence-electron chi connectivity index (χ1n) is 9.92. The van der Waals surface area contributed by atoms with Crippen LogP contribution >= 0.6 is 23.2 Å². The van der Waals surface area contributed by atoms with Crippen LogP contribution in [-0.2, 0) is 6.54 Å². The Morgan fingerprint density at radius 1 is 0.903 bits per heavy atom. The summed E-state index contributed by atoms with van der Waals surface area (Å²) in [6, 6.07) is 16.6. The van der Waals surface area contributed by atoms with E-state index >= 15 is 0 Å². The number of amides is 2. The third-order valence-corrected chi connectivity index (χ3v) is 5.40. The first-order valence-corrected chi connectivity index (χ1v) is 10.7. The second kappa shape index (κ2) is 9.96. The van der Waals surface area contributed by atoms with Crippen molar-refractivity contribution < 1.29 is 4.79 Å². The molecule has 1 fully saturated rings. The molecule has 2 heterocycles. The maximum Gasteiger partial charge on any atom is 0.324 e. The van der Waals surface area contributed by atoms with Crippen LogP contribution in [-0.4, -0.2) is 47.1 Å². The van der Waals surface area contributed by atoms with Gasteiger partial charge in [0.05, 0.1) is 0 Å². The van der Waals surface area contributed by atoms with Crippen LogP contribution in [0, 0.1) is 0 Å². The van der Waals surface area contributed by atoms with E-state index in [-0.39, 0.29) is 0 Å². The average molecular weight is 457 g/mol. The molecule has 0 saturated carbocycles. The van der Waals surface area contributed by atoms with Gasteiger partial charge in [-0.05, 0) is 23.8 Å². The third-order valence-electron chi connectivity index (χ3n) is 4.96. The molecule has 0 radical (unpaired) electrons. The fraction of sp³-hybridized carbons (Fsp3) is 0.227. The number of nitrogens with one attached hydrogen (secondary N) is 2. The standard InChI is InChI=1S/C22H22Cl2N6O/c23-17-10-18(24)12-19(11-17)27-22(31)28-20-13-21(26-15-25-20)30-8-6-29(7-9-30)14-16-4-2-1-3-5-16/h1-5,10-13,15H,6-9,14H2,(H2,25,26,27,28,31). The van der Waals surface area contributed by atoms with E-state index in [1.807, 2.05) is 6.07 Å². The molecule has 160 valence electrons. The molecule has 3 aromatic rings. The fourth-order valence-electron chi connectivity index (χ4n) is 3.47. The number of aromatic nitrogens is 2. The van der Waals surface area contributed by atoms with Crippen LogP contribution in [0.4, 0.5) is 22.1 Å². The minimum Gasteiger partial charge on any atom is -0.354 e. The van der Waals surface area contributed by atoms with Crippen molar-refractivity contribution in [3.05, 3.63) is 76.5 Å². The zero-order valence-electron chi connectivity index (χ0n) is 16.8. The third kappa shape index (κ3) is 6.07. The van der Waals surface area contributed by atoms with Crippen molar-refractivity contribution >= 4 is 46.6 Å². The van der Waals surface area contributed by atoms with Crippen molar-refractivity contribution in [3.63, 3.8) is 0 Å². The molecule has 0 bridgehead atoms. The van der Waals surface area contributed by atoms with E-state index in [1.165, 1.54) is 11.9 Å². The second-order valence-electron chi connectivity index (χ2n) is 7.25. The van der Waals surface area contributed by atoms with E-state index < -0.39 is 6.03 Å². The van der Waals surface area contributed by atoms with Crippen LogP contribution in [0.2, 0.25) is 10.0 Å². The van der Waals surface area contributed by atoms with Crippen molar-refractivity contribution in [3.8, 4) is 0 Å². The largest absolute Gasteiger partial charge is 0.354 e. The Hall–Kier alpha value is -2.87. The minimum absolute atomic E-state index is 0.419. The van der Waals surface area contributed by atoms with E-state index in [0.717, 1.165) is 38.5 Å². The van der Waals surface area contributed by atoms with Crippen LogP contribution in [0.5, 0.6) is 0 Å². The SMILES string of the molecule is O=C(Nc1cc(Cl)cc(Cl)c1)Nc1cc(N2CCN(Cc3ccccc3)CC2)ncn1. The predicted octanol–water partition coefficient (Wildman–Crippen LogP) is 4.75. The number of piperazine rings is 1. The minimum atomic E-state index is -0.435. The number of hydrogen-bond acceptors (Lipinski definition) is 5. The number of anilines is 3. The van der Waals surface area contributed by atoms with Gasteiger partial charge in [-0.3, -0.25) is 10.2 Å². The van der Waals surface area contributed by atoms with Gasteiger partial charge in [-0.15, -0.1) is 0 Å². The monoisotopic (exact) mass is 456 g/mol. The van der Waals surface area contributed by atoms with Crippen molar-refractivity contribution in [1.82, 2.24) is 14.9 Å². The maximum atomic E-state index is 12.3. The smallest absolute Gasteiger partial charge is 0.324 e. The van der Waals surface area contributed by atoms with Gasteiger partial charge in [-0.2, -0.15) is 0 Å². The molecular formula is C22H22Cl2N6O. The summed E-state index contributed by atoms with van der Waals surface area (Å²) in [6.07, 6.45) is 1.46. The number of carbonyl (C=O) groups excluding carboxylic acids is 1. The van der Waals surface area contributed by atoms with Gasteiger partial charge in [0.25, 0.3) is 0 Å². The van der Waals surface area contributed by atoms with Gasteiger partial charge in [0.2, 0.25) is 0 Å². The quantitative estimate of drug-likeness (QED) is 0.579. The Morgan fingerprint density at radius 3 is 2.32 bits per heavy atom. The number of carbonyl (C=O) groups is 1. The number of rotatable bonds is 5. The number of urea groups is 1. The van der Waals surface area contributed by atoms with Gasteiger partial charge in [0.1, 0.15) is 18.0 Å². The first-order chi connectivity index (χ1) is 15.0. The van der Waals surface area contributed by atoms with Crippen molar-refractivity contribution in [2.45, 2.75) is 6.54 Å². The van der Waals surface area contributed by atoms with Crippen LogP contribution in [0.3, 0.4) is 0 Å². The Balaban J connectivity index is 1.32. The molecule has 0 aliphatic carbocycles. The Morgan fingerprint density at radius 2 is 1.61 bits per heavy atom. The van der Waals surface area contributed by atoms with E-state index in [0.29, 0.717) is 21.6 Å². The molecule has 1 saturated heterocycles. The summed E-state index contributed by atoms with van der Waals surface area (Å²) in [5.41, 5.74) is 1.82. The predicted molar refractivity (Wildman–Crippen MR) is 125 cm³/mol. The Labute approximate surface area is 191 Å². The fourth-order valence-corrected chi connectivity index (χ4v) is 4.00. The lowest BCUT2D eigenvalue weighted by Gasteiger charge is -2.35. The zero-order valence-corrected chi connectivity index (χ0v) is 18.3. The highest BCUT2D eigenvalue weighted by Crippen LogP contribution is 2.23. The molecule has 1 aliphatic rings. The van der Waals surface area contributed by atoms with Gasteiger partial charge < -0.3 is 10.2 Å². The molecule has 31 heavy (non-hydrogen) atoms. The molecule has 9 heteroatoms.